The van der Waals surface area contributed by atoms with Crippen LogP contribution in [0.3, 0.4) is 0 Å². The van der Waals surface area contributed by atoms with Gasteiger partial charge < -0.3 is 35.6 Å². The van der Waals surface area contributed by atoms with Crippen LogP contribution >= 0.6 is 0 Å². The van der Waals surface area contributed by atoms with Crippen molar-refractivity contribution < 1.29 is 24.5 Å². The van der Waals surface area contributed by atoms with E-state index in [2.05, 4.69) is 6.92 Å². The minimum Gasteiger partial charge on any atom is -0.874 e. The summed E-state index contributed by atoms with van der Waals surface area (Å²) in [5.41, 5.74) is 8.08. The number of carbonyl (C=O) groups is 2. The van der Waals surface area contributed by atoms with Crippen molar-refractivity contribution in [1.82, 2.24) is 9.97 Å². The molecule has 0 spiro atoms. The number of hydrogen-bond acceptors (Lipinski definition) is 4. The molecule has 2 aromatic rings. The Labute approximate surface area is 278 Å². The first-order valence-electron chi connectivity index (χ1n) is 14.8. The molecule has 6 rings (SSSR count). The van der Waals surface area contributed by atoms with Crippen molar-refractivity contribution in [3.63, 3.8) is 0 Å². The Kier molecular flexibility index (Phi) is 8.76. The van der Waals surface area contributed by atoms with Gasteiger partial charge in [-0.3, -0.25) is 16.2 Å². The summed E-state index contributed by atoms with van der Waals surface area (Å²) in [6, 6.07) is -0.656. The standard InChI is InChI=1S/C35H35N4O5.Mg/c1-8-19-15(3)22-12-24-17(5)21(10-11-28(40)41)32(38-24)30-31(35(43)44-7)34(42)29-18(6)25(39-33(29)30)14-27-20(9-2)16(4)23(37-27)13-26(19)36-22;/h1,8-9,12-14,16-17,21,31-32,42H,10-11H2,2-7H3,(H,40,41);/q-5;+2/p-1/b20-9+,23-13-,24-12-,27-14-;/t16-,17+,21+,31-,32?;/m1./s1. The van der Waals surface area contributed by atoms with Gasteiger partial charge in [0, 0.05) is 6.42 Å². The number of fused-ring (bicyclic) bond motifs is 8. The predicted octanol–water partition coefficient (Wildman–Crippen LogP) is 3.28. The molecule has 1 aliphatic carbocycles. The van der Waals surface area contributed by atoms with Gasteiger partial charge in [-0.15, -0.1) is 34.1 Å². The molecule has 0 saturated carbocycles. The maximum absolute atomic E-state index is 14.0. The van der Waals surface area contributed by atoms with E-state index >= 15 is 0 Å². The van der Waals surface area contributed by atoms with Gasteiger partial charge in [0.15, 0.2) is 0 Å². The second kappa shape index (κ2) is 12.1. The number of aliphatic carboxylic acids is 1. The number of esters is 1. The first-order valence-corrected chi connectivity index (χ1v) is 14.8. The van der Waals surface area contributed by atoms with Crippen molar-refractivity contribution in [1.29, 1.82) is 0 Å². The van der Waals surface area contributed by atoms with Gasteiger partial charge in [-0.1, -0.05) is 61.8 Å². The van der Waals surface area contributed by atoms with E-state index in [1.54, 1.807) is 6.08 Å². The first kappa shape index (κ1) is 32.5. The van der Waals surface area contributed by atoms with Crippen LogP contribution < -0.4 is 25.6 Å². The number of allylic oxidation sites excluding steroid dienone is 4. The van der Waals surface area contributed by atoms with Crippen molar-refractivity contribution in [3.05, 3.63) is 90.3 Å². The molecule has 10 heteroatoms. The predicted molar refractivity (Wildman–Crippen MR) is 172 cm³/mol. The van der Waals surface area contributed by atoms with Crippen molar-refractivity contribution in [2.75, 3.05) is 7.11 Å². The van der Waals surface area contributed by atoms with Crippen molar-refractivity contribution >= 4 is 70.6 Å². The van der Waals surface area contributed by atoms with Gasteiger partial charge in [-0.2, -0.15) is 22.7 Å². The molecule has 5 atom stereocenters. The molecule has 5 heterocycles. The number of carbonyl (C=O) groups excluding carboxylic acids is 1. The summed E-state index contributed by atoms with van der Waals surface area (Å²) >= 11 is 0. The smallest absolute Gasteiger partial charge is 0.874 e. The monoisotopic (exact) mass is 614 g/mol. The zero-order valence-corrected chi connectivity index (χ0v) is 27.8. The summed E-state index contributed by atoms with van der Waals surface area (Å²) in [7, 11) is 1.26. The number of carboxylic acids is 1. The minimum absolute atomic E-state index is 0. The van der Waals surface area contributed by atoms with Crippen LogP contribution in [-0.4, -0.2) is 53.2 Å². The Hall–Kier alpha value is -3.89. The summed E-state index contributed by atoms with van der Waals surface area (Å²) in [5, 5.41) is 34.5. The van der Waals surface area contributed by atoms with Crippen molar-refractivity contribution in [3.8, 4) is 0 Å². The van der Waals surface area contributed by atoms with Gasteiger partial charge in [-0.25, -0.2) is 11.8 Å². The van der Waals surface area contributed by atoms with Gasteiger partial charge in [0.2, 0.25) is 0 Å². The summed E-state index contributed by atoms with van der Waals surface area (Å²) in [5.74, 6) is -3.69. The fourth-order valence-electron chi connectivity index (χ4n) is 7.16. The number of aromatic nitrogens is 2. The molecule has 1 N–H and O–H groups in total. The van der Waals surface area contributed by atoms with Crippen LogP contribution in [0.15, 0.2) is 28.7 Å². The SMILES string of the molecule is [CH-]=Cc1c2[n-]c(c1C)/C=C1\[N-]C(C3=c4[n-]c(c(C)c4=C([O-])[C@@H]3C(=O)OC)/C=C3\[N-]/C(=C\2)[C@H](C)\C3=C/C)[C@@H](CCC(=O)O)[C@@H]1C.[Mg+2]. The molecule has 2 saturated heterocycles. The second-order valence-electron chi connectivity index (χ2n) is 11.9. The molecule has 45 heavy (non-hydrogen) atoms. The van der Waals surface area contributed by atoms with Gasteiger partial charge in [0.1, 0.15) is 0 Å². The van der Waals surface area contributed by atoms with E-state index in [0.717, 1.165) is 28.1 Å². The van der Waals surface area contributed by atoms with Crippen LogP contribution in [0.2, 0.25) is 0 Å². The zero-order valence-electron chi connectivity index (χ0n) is 26.3. The molecular formula is C35H34MgN4O5-4. The van der Waals surface area contributed by atoms with Crippen LogP contribution in [0.25, 0.3) is 46.3 Å². The topological polar surface area (TPSA) is 143 Å². The number of rotatable bonds is 5. The van der Waals surface area contributed by atoms with E-state index < -0.39 is 23.9 Å². The average Bonchev–Trinajstić information content (AvgIpc) is 3.72. The van der Waals surface area contributed by atoms with Gasteiger partial charge in [0.25, 0.3) is 0 Å². The summed E-state index contributed by atoms with van der Waals surface area (Å²) in [6.07, 6.45) is 9.55. The van der Waals surface area contributed by atoms with Crippen molar-refractivity contribution in [2.45, 2.75) is 53.5 Å². The normalized spacial score (nSPS) is 29.1. The largest absolute Gasteiger partial charge is 2.00 e. The van der Waals surface area contributed by atoms with Crippen LogP contribution in [0.5, 0.6) is 0 Å². The molecule has 4 aliphatic rings. The fraction of sp³-hybridized carbons (Fsp3) is 0.371. The van der Waals surface area contributed by atoms with Crippen LogP contribution in [0.1, 0.15) is 67.4 Å². The Morgan fingerprint density at radius 1 is 1.07 bits per heavy atom. The molecule has 2 aromatic heterocycles. The molecule has 3 aliphatic heterocycles. The maximum Gasteiger partial charge on any atom is 2.00 e. The molecule has 1 unspecified atom stereocenters. The first-order chi connectivity index (χ1) is 21.0. The second-order valence-corrected chi connectivity index (χ2v) is 11.9. The number of ether oxygens (including phenoxy) is 1. The Balaban J connectivity index is 0.00000400. The van der Waals surface area contributed by atoms with E-state index in [1.165, 1.54) is 7.11 Å². The molecular weight excluding hydrogens is 581 g/mol. The number of carboxylic acid groups (broad SMARTS) is 1. The molecule has 230 valence electrons. The third-order valence-corrected chi connectivity index (χ3v) is 9.65. The third-order valence-electron chi connectivity index (χ3n) is 9.65. The Bertz CT molecular complexity index is 1870. The van der Waals surface area contributed by atoms with Gasteiger partial charge >= 0.3 is 35.0 Å². The zero-order chi connectivity index (χ0) is 31.6. The van der Waals surface area contributed by atoms with Gasteiger partial charge in [0.05, 0.1) is 13.0 Å². The summed E-state index contributed by atoms with van der Waals surface area (Å²) in [6.45, 7) is 15.9. The number of hydrogen-bond donors (Lipinski definition) is 1. The van der Waals surface area contributed by atoms with Crippen LogP contribution in [0.4, 0.5) is 0 Å². The molecule has 0 aromatic carbocycles. The molecule has 9 nitrogen and oxygen atoms in total. The van der Waals surface area contributed by atoms with E-state index in [-0.39, 0.29) is 53.0 Å². The maximum atomic E-state index is 14.0. The fourth-order valence-corrected chi connectivity index (χ4v) is 7.16. The Morgan fingerprint density at radius 3 is 2.40 bits per heavy atom. The van der Waals surface area contributed by atoms with Gasteiger partial charge in [-0.05, 0) is 43.2 Å². The molecule has 0 radical (unpaired) electrons. The number of nitrogens with zero attached hydrogens (tertiary/aromatic N) is 4. The van der Waals surface area contributed by atoms with Crippen LogP contribution in [0, 0.1) is 44.1 Å². The van der Waals surface area contributed by atoms with E-state index in [0.29, 0.717) is 50.9 Å². The van der Waals surface area contributed by atoms with E-state index in [1.807, 2.05) is 52.0 Å². The van der Waals surface area contributed by atoms with Crippen LogP contribution in [-0.2, 0) is 14.3 Å². The van der Waals surface area contributed by atoms with E-state index in [4.69, 9.17) is 31.9 Å². The van der Waals surface area contributed by atoms with E-state index in [9.17, 15) is 19.8 Å². The van der Waals surface area contributed by atoms with Crippen molar-refractivity contribution in [2.24, 2.45) is 23.7 Å². The third kappa shape index (κ3) is 5.08. The summed E-state index contributed by atoms with van der Waals surface area (Å²) in [4.78, 5) is 34.8. The summed E-state index contributed by atoms with van der Waals surface area (Å²) < 4.78 is 5.12. The molecule has 8 bridgehead atoms. The molecule has 0 amide bonds. The molecule has 2 fully saturated rings. The minimum atomic E-state index is -1.20. The quantitative estimate of drug-likeness (QED) is 0.309. The number of methoxy groups -OCH3 is 1. The average molecular weight is 615 g/mol. The Morgan fingerprint density at radius 2 is 1.76 bits per heavy atom.